The fraction of sp³-hybridized carbons (Fsp3) is 0.833. The van der Waals surface area contributed by atoms with Crippen molar-refractivity contribution >= 4 is 29.2 Å². The largest absolute Gasteiger partial charge is 0.344 e. The Hall–Kier alpha value is -1.18. The Morgan fingerprint density at radius 2 is 1.54 bits per heavy atom. The highest BCUT2D eigenvalue weighted by Crippen LogP contribution is 2.09. The molecule has 0 fully saturated rings. The van der Waals surface area contributed by atoms with Crippen molar-refractivity contribution in [3.63, 3.8) is 0 Å². The summed E-state index contributed by atoms with van der Waals surface area (Å²) in [5.74, 6) is -1.04. The van der Waals surface area contributed by atoms with Gasteiger partial charge in [-0.05, 0) is 44.1 Å². The van der Waals surface area contributed by atoms with Crippen molar-refractivity contribution in [3.8, 4) is 0 Å². The van der Waals surface area contributed by atoms with E-state index in [0.29, 0.717) is 25.8 Å². The van der Waals surface area contributed by atoms with E-state index in [1.807, 2.05) is 27.7 Å². The van der Waals surface area contributed by atoms with Crippen LogP contribution in [-0.4, -0.2) is 48.1 Å². The third-order valence-electron chi connectivity index (χ3n) is 4.14. The third-order valence-corrected chi connectivity index (χ3v) is 4.41. The summed E-state index contributed by atoms with van der Waals surface area (Å²) in [6.45, 7) is 8.12. The Balaban J connectivity index is 5.06. The van der Waals surface area contributed by atoms with E-state index in [2.05, 4.69) is 10.6 Å². The number of nitrogens with one attached hydrogen (secondary N) is 2. The number of carbonyl (C=O) groups excluding carboxylic acids is 3. The fourth-order valence-corrected chi connectivity index (χ4v) is 2.63. The van der Waals surface area contributed by atoms with Gasteiger partial charge in [-0.1, -0.05) is 27.7 Å². The zero-order chi connectivity index (χ0) is 20.3. The van der Waals surface area contributed by atoms with Crippen molar-refractivity contribution in [1.29, 1.82) is 0 Å². The van der Waals surface area contributed by atoms with E-state index in [9.17, 15) is 14.4 Å². The van der Waals surface area contributed by atoms with Gasteiger partial charge in [-0.2, -0.15) is 0 Å². The lowest BCUT2D eigenvalue weighted by Crippen LogP contribution is -2.55. The highest BCUT2D eigenvalue weighted by molar-refractivity contribution is 6.28. The van der Waals surface area contributed by atoms with Crippen molar-refractivity contribution in [2.75, 3.05) is 12.4 Å². The van der Waals surface area contributed by atoms with Crippen molar-refractivity contribution < 1.29 is 14.4 Å². The normalized spacial score (nSPS) is 14.8. The van der Waals surface area contributed by atoms with Gasteiger partial charge in [0.1, 0.15) is 6.04 Å². The van der Waals surface area contributed by atoms with Gasteiger partial charge in [0.2, 0.25) is 11.8 Å². The van der Waals surface area contributed by atoms with Crippen LogP contribution in [0.4, 0.5) is 0 Å². The highest BCUT2D eigenvalue weighted by Gasteiger charge is 2.28. The molecular weight excluding hydrogens is 356 g/mol. The summed E-state index contributed by atoms with van der Waals surface area (Å²) >= 11 is 5.66. The Labute approximate surface area is 162 Å². The van der Waals surface area contributed by atoms with Crippen molar-refractivity contribution in [1.82, 2.24) is 10.6 Å². The molecule has 2 amide bonds. The van der Waals surface area contributed by atoms with Crippen LogP contribution in [0.2, 0.25) is 0 Å². The van der Waals surface area contributed by atoms with Crippen molar-refractivity contribution in [2.24, 2.45) is 23.3 Å². The van der Waals surface area contributed by atoms with Crippen LogP contribution in [0.5, 0.6) is 0 Å². The molecule has 0 aromatic heterocycles. The highest BCUT2D eigenvalue weighted by atomic mass is 35.5. The molecule has 152 valence electrons. The molecule has 0 saturated carbocycles. The molecule has 8 heteroatoms. The second-order valence-electron chi connectivity index (χ2n) is 7.41. The first-order valence-corrected chi connectivity index (χ1v) is 9.82. The lowest BCUT2D eigenvalue weighted by molar-refractivity contribution is -0.132. The fourth-order valence-electron chi connectivity index (χ4n) is 2.45. The Morgan fingerprint density at radius 1 is 0.962 bits per heavy atom. The Morgan fingerprint density at radius 3 is 2.00 bits per heavy atom. The monoisotopic (exact) mass is 390 g/mol. The smallest absolute Gasteiger partial charge is 0.243 e. The minimum absolute atomic E-state index is 0.0420. The average molecular weight is 391 g/mol. The predicted molar refractivity (Wildman–Crippen MR) is 105 cm³/mol. The number of Topliss-reactive ketones (excluding diaryl/α,β-unsaturated/α-hetero) is 1. The quantitative estimate of drug-likeness (QED) is 0.274. The van der Waals surface area contributed by atoms with E-state index in [1.165, 1.54) is 0 Å². The first kappa shape index (κ1) is 24.8. The van der Waals surface area contributed by atoms with Crippen LogP contribution in [0.3, 0.4) is 0 Å². The number of alkyl halides is 1. The van der Waals surface area contributed by atoms with Gasteiger partial charge in [-0.3, -0.25) is 14.4 Å². The lowest BCUT2D eigenvalue weighted by Gasteiger charge is -2.25. The van der Waals surface area contributed by atoms with Crippen LogP contribution in [0.1, 0.15) is 53.4 Å². The van der Waals surface area contributed by atoms with Crippen LogP contribution in [0.25, 0.3) is 0 Å². The first-order chi connectivity index (χ1) is 12.1. The molecule has 26 heavy (non-hydrogen) atoms. The predicted octanol–water partition coefficient (Wildman–Crippen LogP) is 0.922. The van der Waals surface area contributed by atoms with Gasteiger partial charge in [0.15, 0.2) is 5.78 Å². The summed E-state index contributed by atoms with van der Waals surface area (Å²) in [5, 5.41) is 5.45. The summed E-state index contributed by atoms with van der Waals surface area (Å²) in [5.41, 5.74) is 11.3. The Kier molecular flexibility index (Phi) is 12.5. The number of unbranched alkanes of at least 4 members (excludes halogenated alkanes) is 1. The van der Waals surface area contributed by atoms with E-state index in [0.717, 1.165) is 6.42 Å². The van der Waals surface area contributed by atoms with Gasteiger partial charge in [-0.25, -0.2) is 0 Å². The molecule has 0 unspecified atom stereocenters. The molecule has 0 saturated heterocycles. The number of rotatable bonds is 13. The van der Waals surface area contributed by atoms with Gasteiger partial charge < -0.3 is 22.1 Å². The summed E-state index contributed by atoms with van der Waals surface area (Å²) in [4.78, 5) is 37.0. The maximum absolute atomic E-state index is 12.7. The van der Waals surface area contributed by atoms with Gasteiger partial charge >= 0.3 is 0 Å². The molecule has 0 rings (SSSR count). The third kappa shape index (κ3) is 9.50. The van der Waals surface area contributed by atoms with E-state index in [-0.39, 0.29) is 35.3 Å². The molecule has 0 aromatic rings. The summed E-state index contributed by atoms with van der Waals surface area (Å²) in [7, 11) is 0. The van der Waals surface area contributed by atoms with Gasteiger partial charge in [0.05, 0.1) is 18.0 Å². The second kappa shape index (κ2) is 13.1. The molecule has 0 bridgehead atoms. The minimum atomic E-state index is -0.743. The van der Waals surface area contributed by atoms with Crippen LogP contribution < -0.4 is 22.1 Å². The minimum Gasteiger partial charge on any atom is -0.344 e. The molecule has 0 heterocycles. The van der Waals surface area contributed by atoms with Gasteiger partial charge in [0, 0.05) is 0 Å². The van der Waals surface area contributed by atoms with Crippen molar-refractivity contribution in [2.45, 2.75) is 71.5 Å². The van der Waals surface area contributed by atoms with E-state index >= 15 is 0 Å². The number of ketones is 1. The zero-order valence-electron chi connectivity index (χ0n) is 16.4. The lowest BCUT2D eigenvalue weighted by atomic mass is 9.99. The van der Waals surface area contributed by atoms with Crippen LogP contribution in [-0.2, 0) is 14.4 Å². The SMILES string of the molecule is CC(C)C[C@H](NC(=O)[C@@H](N)C(C)C)C(=O)N[C@H](CCCCN)C(=O)CCl. The number of carbonyl (C=O) groups is 3. The molecular formula is C18H35ClN4O3. The maximum Gasteiger partial charge on any atom is 0.243 e. The van der Waals surface area contributed by atoms with E-state index in [1.54, 1.807) is 0 Å². The molecule has 7 nitrogen and oxygen atoms in total. The first-order valence-electron chi connectivity index (χ1n) is 9.29. The number of amides is 2. The summed E-state index contributed by atoms with van der Waals surface area (Å²) < 4.78 is 0. The summed E-state index contributed by atoms with van der Waals surface area (Å²) in [6.07, 6.45) is 2.40. The molecule has 0 aliphatic carbocycles. The molecule has 0 spiro atoms. The molecule has 0 aliphatic rings. The zero-order valence-corrected chi connectivity index (χ0v) is 17.1. The molecule has 3 atom stereocenters. The van der Waals surface area contributed by atoms with Gasteiger partial charge in [0.25, 0.3) is 0 Å². The molecule has 0 aromatic carbocycles. The van der Waals surface area contributed by atoms with E-state index < -0.39 is 18.1 Å². The average Bonchev–Trinajstić information content (AvgIpc) is 2.58. The van der Waals surface area contributed by atoms with Crippen LogP contribution in [0, 0.1) is 11.8 Å². The molecule has 6 N–H and O–H groups in total. The topological polar surface area (TPSA) is 127 Å². The van der Waals surface area contributed by atoms with Crippen LogP contribution >= 0.6 is 11.6 Å². The van der Waals surface area contributed by atoms with Gasteiger partial charge in [-0.15, -0.1) is 11.6 Å². The molecule has 0 radical (unpaired) electrons. The second-order valence-corrected chi connectivity index (χ2v) is 7.67. The Bertz CT molecular complexity index is 458. The standard InChI is InChI=1S/C18H35ClN4O3/c1-11(2)9-14(23-18(26)16(21)12(3)4)17(25)22-13(15(24)10-19)7-5-6-8-20/h11-14,16H,5-10,20-21H2,1-4H3,(H,22,25)(H,23,26)/t13-,14+,16+/m1/s1. The van der Waals surface area contributed by atoms with E-state index in [4.69, 9.17) is 23.1 Å². The maximum atomic E-state index is 12.7. The number of halogens is 1. The molecule has 0 aliphatic heterocycles. The summed E-state index contributed by atoms with van der Waals surface area (Å²) in [6, 6.07) is -2.10. The number of hydrogen-bond acceptors (Lipinski definition) is 5. The number of hydrogen-bond donors (Lipinski definition) is 4. The van der Waals surface area contributed by atoms with Crippen LogP contribution in [0.15, 0.2) is 0 Å². The van der Waals surface area contributed by atoms with Crippen molar-refractivity contribution in [3.05, 3.63) is 0 Å². The number of nitrogens with two attached hydrogens (primary N) is 2.